The van der Waals surface area contributed by atoms with E-state index in [0.29, 0.717) is 0 Å². The summed E-state index contributed by atoms with van der Waals surface area (Å²) in [6, 6.07) is 1.64. The van der Waals surface area contributed by atoms with E-state index in [4.69, 9.17) is 25.6 Å². The Morgan fingerprint density at radius 1 is 0.696 bits per heavy atom. The van der Waals surface area contributed by atoms with E-state index < -0.39 is 44.0 Å². The van der Waals surface area contributed by atoms with Gasteiger partial charge in [-0.15, -0.1) is 0 Å². The van der Waals surface area contributed by atoms with Gasteiger partial charge in [0.15, 0.2) is 26.4 Å². The lowest BCUT2D eigenvalue weighted by Crippen LogP contribution is -2.55. The second kappa shape index (κ2) is 10.1. The van der Waals surface area contributed by atoms with E-state index in [0.717, 1.165) is 12.1 Å². The number of hydrogen-bond acceptors (Lipinski definition) is 6. The quantitative estimate of drug-likeness (QED) is 0.456. The molecule has 0 fully saturated rings. The molecular weight excluding hydrogens is 381 g/mol. The predicted octanol–water partition coefficient (Wildman–Crippen LogP) is 2.65. The van der Waals surface area contributed by atoms with Crippen LogP contribution in [0.15, 0.2) is 0 Å². The molecular formula is C12H36O6Si5. The Hall–Kier alpha value is 0.844. The fraction of sp³-hybridized carbons (Fsp3) is 1.00. The third-order valence-corrected chi connectivity index (χ3v) is 18.9. The van der Waals surface area contributed by atoms with Gasteiger partial charge in [0, 0.05) is 33.9 Å². The fourth-order valence-electron chi connectivity index (χ4n) is 2.50. The molecule has 11 heteroatoms. The van der Waals surface area contributed by atoms with Crippen LogP contribution in [0.5, 0.6) is 0 Å². The van der Waals surface area contributed by atoms with Crippen LogP contribution in [0, 0.1) is 0 Å². The fourth-order valence-corrected chi connectivity index (χ4v) is 20.5. The molecule has 0 unspecified atom stereocenters. The minimum absolute atomic E-state index is 0.748. The maximum atomic E-state index is 6.53. The van der Waals surface area contributed by atoms with Crippen molar-refractivity contribution in [3.05, 3.63) is 0 Å². The summed E-state index contributed by atoms with van der Waals surface area (Å²) in [5.41, 5.74) is 0. The summed E-state index contributed by atoms with van der Waals surface area (Å²) in [6.45, 7) is 15.1. The van der Waals surface area contributed by atoms with Gasteiger partial charge in [-0.2, -0.15) is 0 Å². The van der Waals surface area contributed by atoms with Crippen LogP contribution in [-0.2, 0) is 25.6 Å². The third kappa shape index (κ3) is 9.20. The van der Waals surface area contributed by atoms with Gasteiger partial charge in [-0.25, -0.2) is 0 Å². The zero-order valence-corrected chi connectivity index (χ0v) is 21.8. The molecule has 0 spiro atoms. The van der Waals surface area contributed by atoms with Crippen molar-refractivity contribution in [3.8, 4) is 0 Å². The predicted molar refractivity (Wildman–Crippen MR) is 107 cm³/mol. The van der Waals surface area contributed by atoms with Crippen LogP contribution in [0.2, 0.25) is 57.9 Å². The van der Waals surface area contributed by atoms with Gasteiger partial charge < -0.3 is 25.6 Å². The molecule has 0 aliphatic carbocycles. The molecule has 0 heterocycles. The van der Waals surface area contributed by atoms with E-state index in [1.54, 1.807) is 21.3 Å². The largest absolute Gasteiger partial charge is 0.499 e. The number of rotatable bonds is 12. The van der Waals surface area contributed by atoms with E-state index in [1.165, 1.54) is 0 Å². The van der Waals surface area contributed by atoms with Gasteiger partial charge in [0.1, 0.15) is 0 Å². The third-order valence-electron chi connectivity index (χ3n) is 3.33. The molecule has 0 rings (SSSR count). The summed E-state index contributed by atoms with van der Waals surface area (Å²) in [7, 11) is -4.61. The van der Waals surface area contributed by atoms with Crippen molar-refractivity contribution >= 4 is 44.0 Å². The summed E-state index contributed by atoms with van der Waals surface area (Å²) < 4.78 is 35.5. The molecule has 0 saturated heterocycles. The van der Waals surface area contributed by atoms with E-state index in [9.17, 15) is 0 Å². The summed E-state index contributed by atoms with van der Waals surface area (Å²) >= 11 is 0. The molecule has 0 atom stereocenters. The SMILES string of the molecule is CO[Si](CC[Si](C)(C)O[Si](C)(O[SiH](C)C)O[SiH](C)C)(OC)OC. The highest BCUT2D eigenvalue weighted by atomic mass is 28.5. The Bertz CT molecular complexity index is 320. The second-order valence-corrected chi connectivity index (χ2v) is 22.6. The van der Waals surface area contributed by atoms with Gasteiger partial charge in [-0.05, 0) is 45.3 Å². The van der Waals surface area contributed by atoms with Crippen molar-refractivity contribution < 1.29 is 25.6 Å². The van der Waals surface area contributed by atoms with Crippen LogP contribution < -0.4 is 0 Å². The van der Waals surface area contributed by atoms with Crippen molar-refractivity contribution in [3.63, 3.8) is 0 Å². The lowest BCUT2D eigenvalue weighted by molar-refractivity contribution is 0.124. The molecule has 0 radical (unpaired) electrons. The van der Waals surface area contributed by atoms with E-state index in [1.807, 2.05) is 0 Å². The van der Waals surface area contributed by atoms with Gasteiger partial charge in [-0.3, -0.25) is 0 Å². The normalized spacial score (nSPS) is 14.1. The summed E-state index contributed by atoms with van der Waals surface area (Å²) in [5.74, 6) is 0. The zero-order valence-electron chi connectivity index (χ0n) is 16.5. The van der Waals surface area contributed by atoms with Gasteiger partial charge in [0.2, 0.25) is 0 Å². The highest BCUT2D eigenvalue weighted by Crippen LogP contribution is 2.27. The lowest BCUT2D eigenvalue weighted by Gasteiger charge is -2.38. The Morgan fingerprint density at radius 2 is 1.09 bits per heavy atom. The molecule has 0 aromatic carbocycles. The molecule has 23 heavy (non-hydrogen) atoms. The smallest absolute Gasteiger partial charge is 0.420 e. The molecule has 0 aliphatic rings. The van der Waals surface area contributed by atoms with Crippen LogP contribution in [0.4, 0.5) is 0 Å². The van der Waals surface area contributed by atoms with Crippen LogP contribution >= 0.6 is 0 Å². The minimum atomic E-state index is -2.56. The molecule has 0 amide bonds. The molecule has 140 valence electrons. The number of hydrogen-bond donors (Lipinski definition) is 0. The van der Waals surface area contributed by atoms with Crippen molar-refractivity contribution in [2.75, 3.05) is 21.3 Å². The maximum Gasteiger partial charge on any atom is 0.499 e. The first-order valence-corrected chi connectivity index (χ1v) is 21.0. The topological polar surface area (TPSA) is 55.4 Å². The molecule has 6 nitrogen and oxygen atoms in total. The van der Waals surface area contributed by atoms with Gasteiger partial charge in [0.25, 0.3) is 0 Å². The van der Waals surface area contributed by atoms with Gasteiger partial charge in [-0.1, -0.05) is 0 Å². The summed E-state index contributed by atoms with van der Waals surface area (Å²) in [6.07, 6.45) is 0. The first-order valence-electron chi connectivity index (χ1n) is 8.14. The molecule has 0 aromatic rings. The average Bonchev–Trinajstić information content (AvgIpc) is 2.37. The van der Waals surface area contributed by atoms with Crippen LogP contribution in [-0.4, -0.2) is 65.3 Å². The van der Waals surface area contributed by atoms with Crippen molar-refractivity contribution in [1.82, 2.24) is 0 Å². The summed E-state index contributed by atoms with van der Waals surface area (Å²) in [4.78, 5) is 0. The lowest BCUT2D eigenvalue weighted by atomic mass is 10.9. The zero-order chi connectivity index (χ0) is 18.3. The van der Waals surface area contributed by atoms with Crippen molar-refractivity contribution in [2.45, 2.75) is 57.9 Å². The average molecular weight is 417 g/mol. The van der Waals surface area contributed by atoms with Crippen LogP contribution in [0.1, 0.15) is 0 Å². The second-order valence-electron chi connectivity index (χ2n) is 6.85. The van der Waals surface area contributed by atoms with Crippen molar-refractivity contribution in [1.29, 1.82) is 0 Å². The molecule has 0 aromatic heterocycles. The molecule has 0 saturated carbocycles. The summed E-state index contributed by atoms with van der Waals surface area (Å²) in [5, 5.41) is 0. The first kappa shape index (κ1) is 23.8. The van der Waals surface area contributed by atoms with E-state index in [2.05, 4.69) is 45.8 Å². The Morgan fingerprint density at radius 3 is 1.39 bits per heavy atom. The highest BCUT2D eigenvalue weighted by molar-refractivity contribution is 6.85. The van der Waals surface area contributed by atoms with Gasteiger partial charge >= 0.3 is 17.6 Å². The molecule has 0 bridgehead atoms. The van der Waals surface area contributed by atoms with E-state index >= 15 is 0 Å². The Balaban J connectivity index is 4.95. The monoisotopic (exact) mass is 416 g/mol. The van der Waals surface area contributed by atoms with Crippen LogP contribution in [0.25, 0.3) is 0 Å². The Labute approximate surface area is 149 Å². The van der Waals surface area contributed by atoms with Gasteiger partial charge in [0.05, 0.1) is 0 Å². The van der Waals surface area contributed by atoms with Crippen LogP contribution in [0.3, 0.4) is 0 Å². The molecule has 0 aliphatic heterocycles. The van der Waals surface area contributed by atoms with Crippen molar-refractivity contribution in [2.24, 2.45) is 0 Å². The van der Waals surface area contributed by atoms with E-state index in [-0.39, 0.29) is 0 Å². The molecule has 0 N–H and O–H groups in total. The highest BCUT2D eigenvalue weighted by Gasteiger charge is 2.45. The Kier molecular flexibility index (Phi) is 10.5. The first-order chi connectivity index (χ1) is 10.4. The maximum absolute atomic E-state index is 6.53. The minimum Gasteiger partial charge on any atom is -0.420 e. The standard InChI is InChI=1S/C12H36O6Si5/c1-13-23(14-2,15-3)12-11-21(8,9)18-22(10,16-19(4)5)17-20(6)7/h19-20H,11-12H2,1-10H3.